The Balaban J connectivity index is 2.18. The zero-order valence-corrected chi connectivity index (χ0v) is 19.4. The average molecular weight is 480 g/mol. The standard InChI is InChI=1S/C21H32F3N3O4S/c1-15(2)13-19(25-3)20(29)26-9-7-17(8-10-26)27(11-12-28)32(30,31)18-6-4-5-16(14-18)21(22,23)24/h4-6,14-15,17,19,25,28H,7-13H2,1-3H3. The molecule has 0 spiro atoms. The number of aliphatic hydroxyl groups is 1. The number of rotatable bonds is 9. The number of alkyl halides is 3. The predicted molar refractivity (Wildman–Crippen MR) is 114 cm³/mol. The molecule has 0 radical (unpaired) electrons. The highest BCUT2D eigenvalue weighted by Crippen LogP contribution is 2.32. The van der Waals surface area contributed by atoms with Gasteiger partial charge < -0.3 is 15.3 Å². The van der Waals surface area contributed by atoms with Crippen LogP contribution in [-0.2, 0) is 21.0 Å². The summed E-state index contributed by atoms with van der Waals surface area (Å²) in [5.41, 5.74) is -1.05. The third kappa shape index (κ3) is 6.43. The molecule has 1 fully saturated rings. The van der Waals surface area contributed by atoms with E-state index in [4.69, 9.17) is 0 Å². The first-order chi connectivity index (χ1) is 14.9. The monoisotopic (exact) mass is 479 g/mol. The number of hydrogen-bond donors (Lipinski definition) is 2. The van der Waals surface area contributed by atoms with Crippen molar-refractivity contribution in [2.45, 2.75) is 56.3 Å². The summed E-state index contributed by atoms with van der Waals surface area (Å²) in [6.45, 7) is 4.02. The molecule has 1 aliphatic heterocycles. The summed E-state index contributed by atoms with van der Waals surface area (Å²) in [6, 6.07) is 2.76. The van der Waals surface area contributed by atoms with Gasteiger partial charge in [0.25, 0.3) is 0 Å². The number of halogens is 3. The van der Waals surface area contributed by atoms with Gasteiger partial charge in [-0.15, -0.1) is 0 Å². The van der Waals surface area contributed by atoms with Gasteiger partial charge in [-0.3, -0.25) is 4.79 Å². The number of likely N-dealkylation sites (tertiary alicyclic amines) is 1. The van der Waals surface area contributed by atoms with Gasteiger partial charge in [0.2, 0.25) is 15.9 Å². The molecule has 182 valence electrons. The molecule has 1 heterocycles. The lowest BCUT2D eigenvalue weighted by Gasteiger charge is -2.39. The summed E-state index contributed by atoms with van der Waals surface area (Å²) in [5, 5.41) is 12.5. The molecule has 2 N–H and O–H groups in total. The third-order valence-electron chi connectivity index (χ3n) is 5.63. The van der Waals surface area contributed by atoms with E-state index in [-0.39, 0.29) is 18.5 Å². The van der Waals surface area contributed by atoms with Gasteiger partial charge in [0.15, 0.2) is 0 Å². The summed E-state index contributed by atoms with van der Waals surface area (Å²) in [7, 11) is -2.54. The maximum atomic E-state index is 13.1. The fourth-order valence-electron chi connectivity index (χ4n) is 3.97. The maximum Gasteiger partial charge on any atom is 0.416 e. The van der Waals surface area contributed by atoms with Crippen molar-refractivity contribution in [3.8, 4) is 0 Å². The predicted octanol–water partition coefficient (Wildman–Crippen LogP) is 2.31. The number of nitrogens with zero attached hydrogens (tertiary/aromatic N) is 2. The lowest BCUT2D eigenvalue weighted by molar-refractivity contribution is -0.137. The number of carbonyl (C=O) groups excluding carboxylic acids is 1. The van der Waals surface area contributed by atoms with E-state index in [0.717, 1.165) is 22.5 Å². The summed E-state index contributed by atoms with van der Waals surface area (Å²) >= 11 is 0. The number of hydrogen-bond acceptors (Lipinski definition) is 5. The second-order valence-corrected chi connectivity index (χ2v) is 10.3. The Kier molecular flexibility index (Phi) is 9.09. The number of amides is 1. The van der Waals surface area contributed by atoms with E-state index in [2.05, 4.69) is 5.32 Å². The highest BCUT2D eigenvalue weighted by molar-refractivity contribution is 7.89. The minimum absolute atomic E-state index is 0.0471. The second-order valence-electron chi connectivity index (χ2n) is 8.39. The number of nitrogens with one attached hydrogen (secondary N) is 1. The Morgan fingerprint density at radius 1 is 1.28 bits per heavy atom. The van der Waals surface area contributed by atoms with Crippen LogP contribution in [0.5, 0.6) is 0 Å². The molecule has 11 heteroatoms. The molecule has 1 aromatic carbocycles. The minimum atomic E-state index is -4.67. The lowest BCUT2D eigenvalue weighted by Crippen LogP contribution is -2.53. The van der Waals surface area contributed by atoms with Crippen molar-refractivity contribution in [3.63, 3.8) is 0 Å². The number of carbonyl (C=O) groups is 1. The van der Waals surface area contributed by atoms with Crippen LogP contribution in [0, 0.1) is 5.92 Å². The van der Waals surface area contributed by atoms with Gasteiger partial charge >= 0.3 is 6.18 Å². The highest BCUT2D eigenvalue weighted by Gasteiger charge is 2.37. The molecule has 1 amide bonds. The van der Waals surface area contributed by atoms with E-state index in [1.807, 2.05) is 13.8 Å². The number of likely N-dealkylation sites (N-methyl/N-ethyl adjacent to an activating group) is 1. The normalized spacial score (nSPS) is 17.2. The van der Waals surface area contributed by atoms with Crippen molar-refractivity contribution < 1.29 is 31.5 Å². The highest BCUT2D eigenvalue weighted by atomic mass is 32.2. The van der Waals surface area contributed by atoms with Crippen LogP contribution in [0.1, 0.15) is 38.7 Å². The van der Waals surface area contributed by atoms with Crippen LogP contribution in [0.15, 0.2) is 29.2 Å². The number of benzene rings is 1. The van der Waals surface area contributed by atoms with Gasteiger partial charge in [0.05, 0.1) is 23.1 Å². The van der Waals surface area contributed by atoms with Crippen molar-refractivity contribution in [2.75, 3.05) is 33.3 Å². The lowest BCUT2D eigenvalue weighted by atomic mass is 10.00. The Morgan fingerprint density at radius 2 is 1.91 bits per heavy atom. The largest absolute Gasteiger partial charge is 0.416 e. The summed E-state index contributed by atoms with van der Waals surface area (Å²) in [4.78, 5) is 14.0. The molecular weight excluding hydrogens is 447 g/mol. The molecule has 7 nitrogen and oxygen atoms in total. The fourth-order valence-corrected chi connectivity index (χ4v) is 5.70. The molecule has 1 aliphatic rings. The van der Waals surface area contributed by atoms with Crippen LogP contribution in [0.2, 0.25) is 0 Å². The van der Waals surface area contributed by atoms with Crippen molar-refractivity contribution >= 4 is 15.9 Å². The molecule has 0 aromatic heterocycles. The van der Waals surface area contributed by atoms with Crippen LogP contribution in [0.3, 0.4) is 0 Å². The summed E-state index contributed by atoms with van der Waals surface area (Å²) in [6.07, 6.45) is -3.32. The quantitative estimate of drug-likeness (QED) is 0.568. The summed E-state index contributed by atoms with van der Waals surface area (Å²) in [5.74, 6) is 0.278. The number of piperidine rings is 1. The maximum absolute atomic E-state index is 13.1. The van der Waals surface area contributed by atoms with Crippen LogP contribution in [0.25, 0.3) is 0 Å². The van der Waals surface area contributed by atoms with E-state index in [9.17, 15) is 31.5 Å². The Morgan fingerprint density at radius 3 is 2.41 bits per heavy atom. The first-order valence-electron chi connectivity index (χ1n) is 10.7. The van der Waals surface area contributed by atoms with Gasteiger partial charge in [-0.25, -0.2) is 8.42 Å². The zero-order chi connectivity index (χ0) is 24.1. The molecule has 1 saturated heterocycles. The van der Waals surface area contributed by atoms with Crippen molar-refractivity contribution in [1.82, 2.24) is 14.5 Å². The fraction of sp³-hybridized carbons (Fsp3) is 0.667. The molecule has 0 bridgehead atoms. The Hall–Kier alpha value is -1.69. The molecule has 0 saturated carbocycles. The third-order valence-corrected chi connectivity index (χ3v) is 7.57. The summed E-state index contributed by atoms with van der Waals surface area (Å²) < 4.78 is 66.5. The van der Waals surface area contributed by atoms with E-state index in [0.29, 0.717) is 44.3 Å². The molecule has 0 aliphatic carbocycles. The van der Waals surface area contributed by atoms with Crippen LogP contribution in [-0.4, -0.2) is 74.0 Å². The van der Waals surface area contributed by atoms with Crippen LogP contribution >= 0.6 is 0 Å². The van der Waals surface area contributed by atoms with Crippen molar-refractivity contribution in [3.05, 3.63) is 29.8 Å². The van der Waals surface area contributed by atoms with Crippen molar-refractivity contribution in [2.24, 2.45) is 5.92 Å². The van der Waals surface area contributed by atoms with E-state index in [1.165, 1.54) is 0 Å². The van der Waals surface area contributed by atoms with E-state index < -0.39 is 39.3 Å². The first-order valence-corrected chi connectivity index (χ1v) is 12.1. The number of aliphatic hydroxyl groups excluding tert-OH is 1. The topological polar surface area (TPSA) is 89.9 Å². The second kappa shape index (κ2) is 11.0. The van der Waals surface area contributed by atoms with Crippen molar-refractivity contribution in [1.29, 1.82) is 0 Å². The molecule has 32 heavy (non-hydrogen) atoms. The van der Waals surface area contributed by atoms with Gasteiger partial charge in [0, 0.05) is 25.7 Å². The minimum Gasteiger partial charge on any atom is -0.395 e. The molecular formula is C21H32F3N3O4S. The Labute approximate surface area is 187 Å². The average Bonchev–Trinajstić information content (AvgIpc) is 2.74. The molecule has 2 rings (SSSR count). The molecule has 1 aromatic rings. The van der Waals surface area contributed by atoms with E-state index in [1.54, 1.807) is 11.9 Å². The van der Waals surface area contributed by atoms with Crippen LogP contribution < -0.4 is 5.32 Å². The molecule has 1 atom stereocenters. The van der Waals surface area contributed by atoms with E-state index >= 15 is 0 Å². The smallest absolute Gasteiger partial charge is 0.395 e. The zero-order valence-electron chi connectivity index (χ0n) is 18.6. The Bertz CT molecular complexity index is 869. The first kappa shape index (κ1) is 26.6. The van der Waals surface area contributed by atoms with Gasteiger partial charge in [0.1, 0.15) is 0 Å². The number of sulfonamides is 1. The van der Waals surface area contributed by atoms with Gasteiger partial charge in [-0.2, -0.15) is 17.5 Å². The molecule has 1 unspecified atom stereocenters. The SMILES string of the molecule is CNC(CC(C)C)C(=O)N1CCC(N(CCO)S(=O)(=O)c2cccc(C(F)(F)F)c2)CC1. The van der Waals surface area contributed by atoms with Gasteiger partial charge in [-0.1, -0.05) is 19.9 Å². The van der Waals surface area contributed by atoms with Crippen LogP contribution in [0.4, 0.5) is 13.2 Å². The van der Waals surface area contributed by atoms with Gasteiger partial charge in [-0.05, 0) is 50.4 Å².